The van der Waals surface area contributed by atoms with Crippen LogP contribution in [-0.4, -0.2) is 23.9 Å². The van der Waals surface area contributed by atoms with Crippen LogP contribution in [0.4, 0.5) is 0 Å². The summed E-state index contributed by atoms with van der Waals surface area (Å²) in [6.45, 7) is 6.13. The van der Waals surface area contributed by atoms with Crippen LogP contribution < -0.4 is 0 Å². The number of benzene rings is 1. The predicted octanol–water partition coefficient (Wildman–Crippen LogP) is 5.94. The second kappa shape index (κ2) is 11.5. The zero-order chi connectivity index (χ0) is 16.2. The minimum atomic E-state index is 0.121. The standard InChI is InChI=1S/C19H30ClNO/c1-3-5-7-9-14-21(15-10-8-6-4-2)19(22)17-12-11-13-18(20)16-17/h11-13,16H,3-10,14-15H2,1-2H3. The quantitative estimate of drug-likeness (QED) is 0.461. The topological polar surface area (TPSA) is 20.3 Å². The number of carbonyl (C=O) groups excluding carboxylic acids is 1. The molecule has 124 valence electrons. The number of carbonyl (C=O) groups is 1. The Balaban J connectivity index is 2.59. The highest BCUT2D eigenvalue weighted by molar-refractivity contribution is 6.30. The van der Waals surface area contributed by atoms with Crippen molar-refractivity contribution in [2.24, 2.45) is 0 Å². The van der Waals surface area contributed by atoms with E-state index in [2.05, 4.69) is 13.8 Å². The molecule has 0 aliphatic carbocycles. The number of unbranched alkanes of at least 4 members (excludes halogenated alkanes) is 6. The van der Waals surface area contributed by atoms with Gasteiger partial charge in [0.1, 0.15) is 0 Å². The third-order valence-electron chi connectivity index (χ3n) is 3.92. The van der Waals surface area contributed by atoms with E-state index in [4.69, 9.17) is 11.6 Å². The van der Waals surface area contributed by atoms with Gasteiger partial charge in [0.15, 0.2) is 0 Å². The lowest BCUT2D eigenvalue weighted by molar-refractivity contribution is 0.0749. The average molecular weight is 324 g/mol. The summed E-state index contributed by atoms with van der Waals surface area (Å²) in [4.78, 5) is 14.7. The largest absolute Gasteiger partial charge is 0.339 e. The van der Waals surface area contributed by atoms with Gasteiger partial charge < -0.3 is 4.90 Å². The van der Waals surface area contributed by atoms with Gasteiger partial charge in [0.2, 0.25) is 0 Å². The summed E-state index contributed by atoms with van der Waals surface area (Å²) in [7, 11) is 0. The van der Waals surface area contributed by atoms with E-state index in [0.29, 0.717) is 10.6 Å². The van der Waals surface area contributed by atoms with Gasteiger partial charge in [0.25, 0.3) is 5.91 Å². The first-order valence-electron chi connectivity index (χ1n) is 8.73. The van der Waals surface area contributed by atoms with Crippen molar-refractivity contribution in [3.05, 3.63) is 34.9 Å². The van der Waals surface area contributed by atoms with Crippen LogP contribution in [0.1, 0.15) is 75.6 Å². The van der Waals surface area contributed by atoms with Gasteiger partial charge in [0, 0.05) is 23.7 Å². The number of halogens is 1. The van der Waals surface area contributed by atoms with Crippen LogP contribution >= 0.6 is 11.6 Å². The molecular formula is C19H30ClNO. The number of hydrogen-bond acceptors (Lipinski definition) is 1. The molecule has 1 rings (SSSR count). The van der Waals surface area contributed by atoms with Gasteiger partial charge in [0.05, 0.1) is 0 Å². The molecule has 1 aromatic rings. The molecule has 0 bridgehead atoms. The van der Waals surface area contributed by atoms with Gasteiger partial charge in [-0.3, -0.25) is 4.79 Å². The molecule has 22 heavy (non-hydrogen) atoms. The van der Waals surface area contributed by atoms with E-state index < -0.39 is 0 Å². The molecule has 3 heteroatoms. The lowest BCUT2D eigenvalue weighted by Gasteiger charge is -2.23. The van der Waals surface area contributed by atoms with E-state index in [1.54, 1.807) is 6.07 Å². The molecule has 0 heterocycles. The molecule has 0 saturated carbocycles. The number of amides is 1. The smallest absolute Gasteiger partial charge is 0.253 e. The van der Waals surface area contributed by atoms with E-state index in [9.17, 15) is 4.79 Å². The minimum Gasteiger partial charge on any atom is -0.339 e. The molecule has 0 aromatic heterocycles. The van der Waals surface area contributed by atoms with E-state index in [1.807, 2.05) is 23.1 Å². The summed E-state index contributed by atoms with van der Waals surface area (Å²) in [5, 5.41) is 0.628. The second-order valence-electron chi connectivity index (χ2n) is 5.92. The number of rotatable bonds is 11. The van der Waals surface area contributed by atoms with Gasteiger partial charge in [-0.1, -0.05) is 70.0 Å². The molecule has 2 nitrogen and oxygen atoms in total. The summed E-state index contributed by atoms with van der Waals surface area (Å²) < 4.78 is 0. The average Bonchev–Trinajstić information content (AvgIpc) is 2.53. The lowest BCUT2D eigenvalue weighted by atomic mass is 10.1. The number of hydrogen-bond donors (Lipinski definition) is 0. The van der Waals surface area contributed by atoms with Crippen molar-refractivity contribution < 1.29 is 4.79 Å². The summed E-state index contributed by atoms with van der Waals surface area (Å²) >= 11 is 6.01. The van der Waals surface area contributed by atoms with Crippen LogP contribution in [0.5, 0.6) is 0 Å². The third-order valence-corrected chi connectivity index (χ3v) is 4.16. The van der Waals surface area contributed by atoms with Gasteiger partial charge >= 0.3 is 0 Å². The molecule has 0 saturated heterocycles. The van der Waals surface area contributed by atoms with Gasteiger partial charge in [-0.25, -0.2) is 0 Å². The monoisotopic (exact) mass is 323 g/mol. The molecule has 1 amide bonds. The first-order valence-corrected chi connectivity index (χ1v) is 9.11. The van der Waals surface area contributed by atoms with E-state index >= 15 is 0 Å². The van der Waals surface area contributed by atoms with Crippen molar-refractivity contribution in [3.63, 3.8) is 0 Å². The maximum absolute atomic E-state index is 12.7. The highest BCUT2D eigenvalue weighted by Gasteiger charge is 2.15. The molecule has 0 aliphatic heterocycles. The fourth-order valence-corrected chi connectivity index (χ4v) is 2.77. The van der Waals surface area contributed by atoms with Crippen molar-refractivity contribution in [3.8, 4) is 0 Å². The normalized spacial score (nSPS) is 10.7. The molecular weight excluding hydrogens is 294 g/mol. The predicted molar refractivity (Wildman–Crippen MR) is 95.6 cm³/mol. The third kappa shape index (κ3) is 7.31. The van der Waals surface area contributed by atoms with Crippen LogP contribution in [0.15, 0.2) is 24.3 Å². The van der Waals surface area contributed by atoms with Crippen molar-refractivity contribution in [1.29, 1.82) is 0 Å². The maximum atomic E-state index is 12.7. The van der Waals surface area contributed by atoms with Crippen LogP contribution in [0.2, 0.25) is 5.02 Å². The molecule has 0 fully saturated rings. The van der Waals surface area contributed by atoms with Crippen molar-refractivity contribution in [2.75, 3.05) is 13.1 Å². The molecule has 0 aliphatic rings. The molecule has 0 spiro atoms. The Hall–Kier alpha value is -1.02. The van der Waals surface area contributed by atoms with Crippen molar-refractivity contribution >= 4 is 17.5 Å². The highest BCUT2D eigenvalue weighted by Crippen LogP contribution is 2.14. The van der Waals surface area contributed by atoms with E-state index in [0.717, 1.165) is 25.9 Å². The summed E-state index contributed by atoms with van der Waals surface area (Å²) in [5.74, 6) is 0.121. The molecule has 0 atom stereocenters. The van der Waals surface area contributed by atoms with Crippen molar-refractivity contribution in [1.82, 2.24) is 4.90 Å². The summed E-state index contributed by atoms with van der Waals surface area (Å²) in [5.41, 5.74) is 0.707. The lowest BCUT2D eigenvalue weighted by Crippen LogP contribution is -2.33. The van der Waals surface area contributed by atoms with E-state index in [-0.39, 0.29) is 5.91 Å². The number of nitrogens with zero attached hydrogens (tertiary/aromatic N) is 1. The fraction of sp³-hybridized carbons (Fsp3) is 0.632. The zero-order valence-corrected chi connectivity index (χ0v) is 14.9. The molecule has 0 N–H and O–H groups in total. The van der Waals surface area contributed by atoms with Crippen molar-refractivity contribution in [2.45, 2.75) is 65.2 Å². The van der Waals surface area contributed by atoms with E-state index in [1.165, 1.54) is 38.5 Å². The SMILES string of the molecule is CCCCCCN(CCCCCC)C(=O)c1cccc(Cl)c1. The van der Waals surface area contributed by atoms with Gasteiger partial charge in [-0.2, -0.15) is 0 Å². The maximum Gasteiger partial charge on any atom is 0.253 e. The Morgan fingerprint density at radius 2 is 1.55 bits per heavy atom. The molecule has 0 unspecified atom stereocenters. The summed E-state index contributed by atoms with van der Waals surface area (Å²) in [6.07, 6.45) is 9.51. The first-order chi connectivity index (χ1) is 10.7. The Morgan fingerprint density at radius 1 is 0.955 bits per heavy atom. The molecule has 1 aromatic carbocycles. The Morgan fingerprint density at radius 3 is 2.05 bits per heavy atom. The van der Waals surface area contributed by atoms with Crippen LogP contribution in [0, 0.1) is 0 Å². The molecule has 0 radical (unpaired) electrons. The second-order valence-corrected chi connectivity index (χ2v) is 6.36. The highest BCUT2D eigenvalue weighted by atomic mass is 35.5. The first kappa shape index (κ1) is 19.0. The van der Waals surface area contributed by atoms with Gasteiger partial charge in [-0.15, -0.1) is 0 Å². The van der Waals surface area contributed by atoms with Gasteiger partial charge in [-0.05, 0) is 31.0 Å². The zero-order valence-electron chi connectivity index (χ0n) is 14.1. The van der Waals surface area contributed by atoms with Crippen LogP contribution in [0.25, 0.3) is 0 Å². The van der Waals surface area contributed by atoms with Crippen LogP contribution in [0.3, 0.4) is 0 Å². The fourth-order valence-electron chi connectivity index (χ4n) is 2.58. The Bertz CT molecular complexity index is 421. The minimum absolute atomic E-state index is 0.121. The Kier molecular flexibility index (Phi) is 9.98. The summed E-state index contributed by atoms with van der Waals surface area (Å²) in [6, 6.07) is 7.29. The van der Waals surface area contributed by atoms with Crippen LogP contribution in [-0.2, 0) is 0 Å². The Labute approximate surface area is 140 Å².